The van der Waals surface area contributed by atoms with Crippen molar-refractivity contribution in [3.05, 3.63) is 45.8 Å². The maximum absolute atomic E-state index is 6.27. The normalized spacial score (nSPS) is 15.3. The quantitative estimate of drug-likeness (QED) is 0.715. The lowest BCUT2D eigenvalue weighted by Gasteiger charge is -2.20. The van der Waals surface area contributed by atoms with Gasteiger partial charge in [0.05, 0.1) is 4.83 Å². The van der Waals surface area contributed by atoms with E-state index in [1.807, 2.05) is 6.07 Å². The highest BCUT2D eigenvalue weighted by Crippen LogP contribution is 2.42. The second-order valence-corrected chi connectivity index (χ2v) is 5.72. The van der Waals surface area contributed by atoms with E-state index in [4.69, 9.17) is 37.1 Å². The molecule has 0 N–H and O–H groups in total. The maximum atomic E-state index is 6.27. The fraction of sp³-hybridized carbons (Fsp3) is 0.231. The smallest absolute Gasteiger partial charge is 0.193 e. The van der Waals surface area contributed by atoms with E-state index in [-0.39, 0.29) is 4.83 Å². The third kappa shape index (κ3) is 2.57. The van der Waals surface area contributed by atoms with Crippen molar-refractivity contribution in [3.63, 3.8) is 0 Å². The number of benzene rings is 1. The lowest BCUT2D eigenvalue weighted by molar-refractivity contribution is 0.171. The van der Waals surface area contributed by atoms with Crippen LogP contribution in [0.5, 0.6) is 11.5 Å². The van der Waals surface area contributed by atoms with Crippen molar-refractivity contribution in [2.24, 2.45) is 0 Å². The number of furan rings is 1. The van der Waals surface area contributed by atoms with Crippen LogP contribution in [0.4, 0.5) is 0 Å². The Balaban J connectivity index is 2.00. The monoisotopic (exact) mass is 362 g/mol. The molecule has 0 radical (unpaired) electrons. The maximum Gasteiger partial charge on any atom is 0.193 e. The van der Waals surface area contributed by atoms with E-state index in [0.29, 0.717) is 40.7 Å². The minimum Gasteiger partial charge on any atom is -0.486 e. The van der Waals surface area contributed by atoms with Crippen LogP contribution in [-0.4, -0.2) is 13.2 Å². The summed E-state index contributed by atoms with van der Waals surface area (Å²) in [5, 5.41) is 0.923. The lowest BCUT2D eigenvalue weighted by Crippen LogP contribution is -2.15. The van der Waals surface area contributed by atoms with Crippen molar-refractivity contribution in [1.82, 2.24) is 0 Å². The predicted molar refractivity (Wildman–Crippen MR) is 76.9 cm³/mol. The molecule has 6 heteroatoms. The number of alkyl halides is 1. The van der Waals surface area contributed by atoms with Crippen molar-refractivity contribution < 1.29 is 13.9 Å². The van der Waals surface area contributed by atoms with Gasteiger partial charge in [-0.2, -0.15) is 0 Å². The summed E-state index contributed by atoms with van der Waals surface area (Å²) in [7, 11) is 0. The van der Waals surface area contributed by atoms with Gasteiger partial charge in [0.2, 0.25) is 0 Å². The van der Waals surface area contributed by atoms with Crippen molar-refractivity contribution in [1.29, 1.82) is 0 Å². The molecule has 0 spiro atoms. The van der Waals surface area contributed by atoms with Crippen LogP contribution in [0.1, 0.15) is 16.2 Å². The Morgan fingerprint density at radius 1 is 1.05 bits per heavy atom. The van der Waals surface area contributed by atoms with Crippen LogP contribution in [-0.2, 0) is 0 Å². The van der Waals surface area contributed by atoms with Crippen LogP contribution in [0, 0.1) is 0 Å². The van der Waals surface area contributed by atoms with Gasteiger partial charge in [-0.1, -0.05) is 27.5 Å². The summed E-state index contributed by atoms with van der Waals surface area (Å²) in [5.74, 6) is 2.04. The van der Waals surface area contributed by atoms with E-state index in [0.717, 1.165) is 5.56 Å². The van der Waals surface area contributed by atoms with Crippen LogP contribution < -0.4 is 9.47 Å². The number of halogens is 3. The molecule has 2 heterocycles. The van der Waals surface area contributed by atoms with Gasteiger partial charge in [0.25, 0.3) is 0 Å². The molecule has 1 aliphatic heterocycles. The van der Waals surface area contributed by atoms with Gasteiger partial charge in [-0.3, -0.25) is 0 Å². The number of rotatable bonds is 2. The summed E-state index contributed by atoms with van der Waals surface area (Å²) in [6, 6.07) is 7.10. The highest BCUT2D eigenvalue weighted by atomic mass is 79.9. The molecular formula is C13H9BrCl2O3. The van der Waals surface area contributed by atoms with E-state index in [9.17, 15) is 0 Å². The first-order chi connectivity index (χ1) is 9.15. The second-order valence-electron chi connectivity index (χ2n) is 4.02. The Bertz CT molecular complexity index is 612. The molecule has 3 rings (SSSR count). The Hall–Kier alpha value is -0.840. The summed E-state index contributed by atoms with van der Waals surface area (Å²) >= 11 is 15.6. The second kappa shape index (κ2) is 5.27. The van der Waals surface area contributed by atoms with E-state index in [2.05, 4.69) is 15.9 Å². The molecule has 1 aromatic carbocycles. The van der Waals surface area contributed by atoms with E-state index in [1.54, 1.807) is 18.2 Å². The molecule has 0 saturated heterocycles. The first-order valence-corrected chi connectivity index (χ1v) is 7.30. The topological polar surface area (TPSA) is 31.6 Å². The Morgan fingerprint density at radius 2 is 1.74 bits per heavy atom. The first-order valence-electron chi connectivity index (χ1n) is 5.63. The number of ether oxygens (including phenoxy) is 2. The van der Waals surface area contributed by atoms with Gasteiger partial charge in [0.15, 0.2) is 16.7 Å². The summed E-state index contributed by atoms with van der Waals surface area (Å²) in [6.07, 6.45) is 0. The third-order valence-electron chi connectivity index (χ3n) is 2.78. The van der Waals surface area contributed by atoms with Gasteiger partial charge in [0, 0.05) is 11.1 Å². The van der Waals surface area contributed by atoms with Crippen molar-refractivity contribution in [3.8, 4) is 11.5 Å². The molecule has 0 saturated carbocycles. The molecule has 1 unspecified atom stereocenters. The van der Waals surface area contributed by atoms with Crippen LogP contribution in [0.2, 0.25) is 10.2 Å². The van der Waals surface area contributed by atoms with Crippen LogP contribution >= 0.6 is 39.1 Å². The number of hydrogen-bond donors (Lipinski definition) is 0. The summed E-state index contributed by atoms with van der Waals surface area (Å²) in [4.78, 5) is -0.191. The molecule has 100 valence electrons. The molecule has 0 aliphatic carbocycles. The minimum atomic E-state index is -0.191. The zero-order valence-electron chi connectivity index (χ0n) is 9.66. The van der Waals surface area contributed by atoms with E-state index < -0.39 is 0 Å². The zero-order valence-corrected chi connectivity index (χ0v) is 12.8. The predicted octanol–water partition coefficient (Wildman–Crippen LogP) is 4.84. The first kappa shape index (κ1) is 13.2. The number of fused-ring (bicyclic) bond motifs is 1. The summed E-state index contributed by atoms with van der Waals surface area (Å²) in [5.41, 5.74) is 0.844. The molecule has 2 aromatic rings. The molecule has 1 aliphatic rings. The lowest BCUT2D eigenvalue weighted by atomic mass is 10.1. The molecule has 3 nitrogen and oxygen atoms in total. The van der Waals surface area contributed by atoms with Crippen LogP contribution in [0.25, 0.3) is 0 Å². The third-order valence-corrected chi connectivity index (χ3v) is 4.25. The molecule has 19 heavy (non-hydrogen) atoms. The standard InChI is InChI=1S/C13H9BrCl2O3/c14-13(9-1-2-12(16)19-9)7-5-10-11(6-8(7)15)18-4-3-17-10/h1-2,5-6,13H,3-4H2. The van der Waals surface area contributed by atoms with Crippen molar-refractivity contribution in [2.45, 2.75) is 4.83 Å². The zero-order chi connectivity index (χ0) is 13.4. The van der Waals surface area contributed by atoms with Crippen molar-refractivity contribution in [2.75, 3.05) is 13.2 Å². The van der Waals surface area contributed by atoms with E-state index in [1.165, 1.54) is 0 Å². The Labute approximate surface area is 128 Å². The fourth-order valence-electron chi connectivity index (χ4n) is 1.89. The molecule has 1 atom stereocenters. The summed E-state index contributed by atoms with van der Waals surface area (Å²) in [6.45, 7) is 1.07. The molecule has 0 bridgehead atoms. The van der Waals surface area contributed by atoms with Gasteiger partial charge in [0.1, 0.15) is 19.0 Å². The van der Waals surface area contributed by atoms with Crippen LogP contribution in [0.3, 0.4) is 0 Å². The highest BCUT2D eigenvalue weighted by Gasteiger charge is 2.22. The van der Waals surface area contributed by atoms with Crippen LogP contribution in [0.15, 0.2) is 28.7 Å². The summed E-state index contributed by atoms with van der Waals surface area (Å²) < 4.78 is 16.4. The average molecular weight is 364 g/mol. The van der Waals surface area contributed by atoms with Gasteiger partial charge in [-0.05, 0) is 35.4 Å². The average Bonchev–Trinajstić information content (AvgIpc) is 2.84. The molecular weight excluding hydrogens is 355 g/mol. The Kier molecular flexibility index (Phi) is 3.65. The minimum absolute atomic E-state index is 0.191. The van der Waals surface area contributed by atoms with Gasteiger partial charge in [-0.25, -0.2) is 0 Å². The molecule has 0 fully saturated rings. The largest absolute Gasteiger partial charge is 0.486 e. The molecule has 0 amide bonds. The van der Waals surface area contributed by atoms with E-state index >= 15 is 0 Å². The Morgan fingerprint density at radius 3 is 2.37 bits per heavy atom. The van der Waals surface area contributed by atoms with Gasteiger partial charge < -0.3 is 13.9 Å². The van der Waals surface area contributed by atoms with Crippen molar-refractivity contribution >= 4 is 39.1 Å². The molecule has 1 aromatic heterocycles. The highest BCUT2D eigenvalue weighted by molar-refractivity contribution is 9.09. The van der Waals surface area contributed by atoms with Gasteiger partial charge in [-0.15, -0.1) is 0 Å². The number of hydrogen-bond acceptors (Lipinski definition) is 3. The fourth-order valence-corrected chi connectivity index (χ4v) is 3.06. The van der Waals surface area contributed by atoms with Gasteiger partial charge >= 0.3 is 0 Å². The SMILES string of the molecule is Clc1ccc(C(Br)c2cc3c(cc2Cl)OCCO3)o1.